The van der Waals surface area contributed by atoms with E-state index in [1.54, 1.807) is 18.2 Å². The summed E-state index contributed by atoms with van der Waals surface area (Å²) in [5.74, 6) is -0.673. The lowest BCUT2D eigenvalue weighted by Gasteiger charge is -2.08. The molecule has 0 spiro atoms. The highest BCUT2D eigenvalue weighted by Gasteiger charge is 2.24. The van der Waals surface area contributed by atoms with Gasteiger partial charge in [0.05, 0.1) is 23.0 Å². The van der Waals surface area contributed by atoms with E-state index in [0.717, 1.165) is 25.9 Å². The number of anilines is 1. The molecule has 2 heterocycles. The number of methoxy groups -OCH3 is 1. The summed E-state index contributed by atoms with van der Waals surface area (Å²) in [6, 6.07) is 6.52. The Bertz CT molecular complexity index is 1010. The Morgan fingerprint density at radius 3 is 2.83 bits per heavy atom. The number of thiazole rings is 1. The van der Waals surface area contributed by atoms with E-state index in [-0.39, 0.29) is 9.77 Å². The number of nitrogens with zero attached hydrogens (tertiary/aromatic N) is 1. The van der Waals surface area contributed by atoms with Gasteiger partial charge in [-0.05, 0) is 35.9 Å². The number of rotatable bonds is 5. The topological polar surface area (TPSA) is 85.4 Å². The fourth-order valence-corrected chi connectivity index (χ4v) is 5.93. The Balaban J connectivity index is 1.95. The molecule has 0 bridgehead atoms. The first kappa shape index (κ1) is 17.2. The summed E-state index contributed by atoms with van der Waals surface area (Å²) >= 11 is 4.05. The van der Waals surface area contributed by atoms with Crippen LogP contribution in [0, 0.1) is 0 Å². The molecule has 126 valence electrons. The van der Waals surface area contributed by atoms with Gasteiger partial charge in [-0.15, -0.1) is 22.7 Å². The molecule has 3 rings (SSSR count). The molecule has 0 radical (unpaired) electrons. The molecule has 1 aromatic carbocycles. The maximum atomic E-state index is 12.6. The van der Waals surface area contributed by atoms with E-state index in [1.807, 2.05) is 6.26 Å². The van der Waals surface area contributed by atoms with Crippen molar-refractivity contribution in [2.24, 2.45) is 0 Å². The first-order valence-electron chi connectivity index (χ1n) is 6.58. The van der Waals surface area contributed by atoms with Crippen LogP contribution < -0.4 is 4.72 Å². The number of fused-ring (bicyclic) bond motifs is 1. The monoisotopic (exact) mass is 400 g/mol. The average molecular weight is 401 g/mol. The highest BCUT2D eigenvalue weighted by Crippen LogP contribution is 2.31. The SMILES string of the molecule is COC(=O)c1sccc1S(=O)(=O)Nc1ccc2nc(SC)sc2c1. The summed E-state index contributed by atoms with van der Waals surface area (Å²) in [4.78, 5) is 16.1. The van der Waals surface area contributed by atoms with E-state index in [2.05, 4.69) is 14.4 Å². The van der Waals surface area contributed by atoms with Gasteiger partial charge in [-0.25, -0.2) is 18.2 Å². The predicted octanol–water partition coefficient (Wildman–Crippen LogP) is 3.67. The summed E-state index contributed by atoms with van der Waals surface area (Å²) in [5, 5.41) is 1.54. The molecule has 0 saturated heterocycles. The maximum Gasteiger partial charge on any atom is 0.349 e. The first-order valence-corrected chi connectivity index (χ1v) is 11.0. The third-order valence-corrected chi connectivity index (χ3v) is 7.54. The van der Waals surface area contributed by atoms with Crippen LogP contribution in [-0.2, 0) is 14.8 Å². The standard InChI is InChI=1S/C14H12N2O4S4/c1-20-13(17)12-11(5-6-22-12)24(18,19)16-8-3-4-9-10(7-8)23-14(15-9)21-2/h3-7,16H,1-2H3. The molecule has 1 N–H and O–H groups in total. The maximum absolute atomic E-state index is 12.6. The smallest absolute Gasteiger partial charge is 0.349 e. The second kappa shape index (κ2) is 6.71. The Hall–Kier alpha value is -1.62. The van der Waals surface area contributed by atoms with Gasteiger partial charge in [0.15, 0.2) is 4.34 Å². The van der Waals surface area contributed by atoms with Gasteiger partial charge in [-0.3, -0.25) is 4.72 Å². The van der Waals surface area contributed by atoms with Crippen LogP contribution in [0.3, 0.4) is 0 Å². The molecule has 24 heavy (non-hydrogen) atoms. The van der Waals surface area contributed by atoms with Crippen molar-refractivity contribution in [3.8, 4) is 0 Å². The minimum atomic E-state index is -3.88. The van der Waals surface area contributed by atoms with E-state index >= 15 is 0 Å². The third-order valence-electron chi connectivity index (χ3n) is 3.09. The lowest BCUT2D eigenvalue weighted by molar-refractivity contribution is 0.0602. The molecule has 0 atom stereocenters. The molecule has 0 fully saturated rings. The number of thiophene rings is 1. The molecule has 6 nitrogen and oxygen atoms in total. The number of thioether (sulfide) groups is 1. The number of benzene rings is 1. The van der Waals surface area contributed by atoms with Crippen molar-refractivity contribution in [3.05, 3.63) is 34.5 Å². The molecule has 0 aliphatic heterocycles. The van der Waals surface area contributed by atoms with Crippen LogP contribution in [0.4, 0.5) is 5.69 Å². The largest absolute Gasteiger partial charge is 0.465 e. The van der Waals surface area contributed by atoms with Crippen molar-refractivity contribution in [2.75, 3.05) is 18.1 Å². The van der Waals surface area contributed by atoms with Crippen LogP contribution in [0.1, 0.15) is 9.67 Å². The molecular weight excluding hydrogens is 388 g/mol. The third kappa shape index (κ3) is 3.27. The molecule has 0 saturated carbocycles. The summed E-state index contributed by atoms with van der Waals surface area (Å²) in [5.41, 5.74) is 1.24. The number of carbonyl (C=O) groups excluding carboxylic acids is 1. The van der Waals surface area contributed by atoms with Crippen LogP contribution in [0.2, 0.25) is 0 Å². The zero-order chi connectivity index (χ0) is 17.3. The van der Waals surface area contributed by atoms with E-state index in [4.69, 9.17) is 0 Å². The van der Waals surface area contributed by atoms with Gasteiger partial charge in [0.2, 0.25) is 0 Å². The van der Waals surface area contributed by atoms with E-state index in [9.17, 15) is 13.2 Å². The summed E-state index contributed by atoms with van der Waals surface area (Å²) in [7, 11) is -2.67. The fraction of sp³-hybridized carbons (Fsp3) is 0.143. The zero-order valence-electron chi connectivity index (χ0n) is 12.6. The van der Waals surface area contributed by atoms with E-state index < -0.39 is 16.0 Å². The molecule has 0 aliphatic carbocycles. The van der Waals surface area contributed by atoms with Crippen LogP contribution in [0.5, 0.6) is 0 Å². The van der Waals surface area contributed by atoms with Crippen LogP contribution in [-0.4, -0.2) is 32.7 Å². The molecule has 0 unspecified atom stereocenters. The van der Waals surface area contributed by atoms with Gasteiger partial charge < -0.3 is 4.74 Å². The second-order valence-corrected chi connectivity index (χ2v) is 9.23. The molecule has 10 heteroatoms. The van der Waals surface area contributed by atoms with Crippen LogP contribution in [0.15, 0.2) is 38.9 Å². The molecule has 2 aromatic heterocycles. The van der Waals surface area contributed by atoms with Gasteiger partial charge in [0.25, 0.3) is 10.0 Å². The number of ether oxygens (including phenoxy) is 1. The molecule has 0 aliphatic rings. The molecule has 3 aromatic rings. The van der Waals surface area contributed by atoms with Crippen molar-refractivity contribution in [1.82, 2.24) is 4.98 Å². The van der Waals surface area contributed by atoms with Crippen molar-refractivity contribution in [2.45, 2.75) is 9.24 Å². The van der Waals surface area contributed by atoms with Gasteiger partial charge in [0.1, 0.15) is 9.77 Å². The normalized spacial score (nSPS) is 11.6. The Morgan fingerprint density at radius 2 is 2.12 bits per heavy atom. The number of hydrogen-bond acceptors (Lipinski definition) is 8. The van der Waals surface area contributed by atoms with Crippen molar-refractivity contribution in [1.29, 1.82) is 0 Å². The highest BCUT2D eigenvalue weighted by molar-refractivity contribution is 8.00. The minimum Gasteiger partial charge on any atom is -0.465 e. The lowest BCUT2D eigenvalue weighted by atomic mass is 10.3. The number of aromatic nitrogens is 1. The van der Waals surface area contributed by atoms with Crippen molar-refractivity contribution < 1.29 is 17.9 Å². The molecule has 0 amide bonds. The Kier molecular flexibility index (Phi) is 4.81. The average Bonchev–Trinajstić information content (AvgIpc) is 3.20. The van der Waals surface area contributed by atoms with Crippen LogP contribution >= 0.6 is 34.4 Å². The van der Waals surface area contributed by atoms with Gasteiger partial charge in [0, 0.05) is 0 Å². The first-order chi connectivity index (χ1) is 11.4. The Labute approximate surface area is 150 Å². The minimum absolute atomic E-state index is 0.0496. The lowest BCUT2D eigenvalue weighted by Crippen LogP contribution is -2.15. The van der Waals surface area contributed by atoms with E-state index in [1.165, 1.54) is 41.7 Å². The van der Waals surface area contributed by atoms with E-state index in [0.29, 0.717) is 5.69 Å². The summed E-state index contributed by atoms with van der Waals surface area (Å²) in [6.07, 6.45) is 1.94. The second-order valence-electron chi connectivity index (χ2n) is 4.58. The quantitative estimate of drug-likeness (QED) is 0.520. The number of carbonyl (C=O) groups is 1. The fourth-order valence-electron chi connectivity index (χ4n) is 2.02. The zero-order valence-corrected chi connectivity index (χ0v) is 15.9. The van der Waals surface area contributed by atoms with Gasteiger partial charge in [-0.2, -0.15) is 0 Å². The number of esters is 1. The summed E-state index contributed by atoms with van der Waals surface area (Å²) in [6.45, 7) is 0. The predicted molar refractivity (Wildman–Crippen MR) is 97.9 cm³/mol. The van der Waals surface area contributed by atoms with Crippen molar-refractivity contribution >= 4 is 66.3 Å². The van der Waals surface area contributed by atoms with Crippen molar-refractivity contribution in [3.63, 3.8) is 0 Å². The number of nitrogens with one attached hydrogen (secondary N) is 1. The molecular formula is C14H12N2O4S4. The highest BCUT2D eigenvalue weighted by atomic mass is 32.2. The number of hydrogen-bond donors (Lipinski definition) is 1. The van der Waals surface area contributed by atoms with Gasteiger partial charge >= 0.3 is 5.97 Å². The van der Waals surface area contributed by atoms with Gasteiger partial charge in [-0.1, -0.05) is 11.8 Å². The Morgan fingerprint density at radius 1 is 1.33 bits per heavy atom. The summed E-state index contributed by atoms with van der Waals surface area (Å²) < 4.78 is 34.1. The van der Waals surface area contributed by atoms with Crippen LogP contribution in [0.25, 0.3) is 10.2 Å². The number of sulfonamides is 1.